The minimum Gasteiger partial charge on any atom is -0.483 e. The number of carboxylic acids is 1. The smallest absolute Gasteiger partial charge is 0.337 e. The number of hydrogen-bond donors (Lipinski definition) is 2. The largest absolute Gasteiger partial charge is 0.483 e. The number of nitrogens with two attached hydrogens (primary N) is 1. The van der Waals surface area contributed by atoms with E-state index in [4.69, 9.17) is 27.8 Å². The molecule has 4 nitrogen and oxygen atoms in total. The van der Waals surface area contributed by atoms with E-state index in [1.165, 1.54) is 6.07 Å². The number of ether oxygens (including phenoxy) is 1. The molecule has 0 aliphatic carbocycles. The molecule has 0 atom stereocenters. The lowest BCUT2D eigenvalue weighted by Crippen LogP contribution is -2.11. The van der Waals surface area contributed by atoms with Gasteiger partial charge in [-0.3, -0.25) is 0 Å². The van der Waals surface area contributed by atoms with E-state index in [2.05, 4.69) is 0 Å². The fourth-order valence-electron chi connectivity index (χ4n) is 1.20. The first kappa shape index (κ1) is 12.4. The quantitative estimate of drug-likeness (QED) is 0.621. The standard InChI is InChI=1S/C11H13NO3S/c1-2-6-15-11(16)8-5-3-4-7(9(8)12)10(13)14/h3-5H,2,6,12H2,1H3,(H,13,14). The summed E-state index contributed by atoms with van der Waals surface area (Å²) in [6.45, 7) is 2.45. The Bertz CT molecular complexity index is 418. The molecule has 0 aliphatic heterocycles. The summed E-state index contributed by atoms with van der Waals surface area (Å²) >= 11 is 5.02. The Hall–Kier alpha value is -1.62. The molecule has 0 heterocycles. The second-order valence-electron chi connectivity index (χ2n) is 3.21. The zero-order chi connectivity index (χ0) is 12.1. The number of carbonyl (C=O) groups is 1. The van der Waals surface area contributed by atoms with Crippen molar-refractivity contribution in [2.45, 2.75) is 13.3 Å². The van der Waals surface area contributed by atoms with Crippen LogP contribution in [0.5, 0.6) is 0 Å². The van der Waals surface area contributed by atoms with Gasteiger partial charge >= 0.3 is 5.97 Å². The summed E-state index contributed by atoms with van der Waals surface area (Å²) in [7, 11) is 0. The van der Waals surface area contributed by atoms with Gasteiger partial charge in [0.25, 0.3) is 0 Å². The summed E-state index contributed by atoms with van der Waals surface area (Å²) in [6.07, 6.45) is 0.832. The van der Waals surface area contributed by atoms with Gasteiger partial charge in [0.1, 0.15) is 0 Å². The van der Waals surface area contributed by atoms with Crippen LogP contribution in [-0.4, -0.2) is 22.7 Å². The Labute approximate surface area is 99.0 Å². The summed E-state index contributed by atoms with van der Waals surface area (Å²) in [6, 6.07) is 4.68. The monoisotopic (exact) mass is 239 g/mol. The van der Waals surface area contributed by atoms with Crippen molar-refractivity contribution < 1.29 is 14.6 Å². The van der Waals surface area contributed by atoms with E-state index in [1.54, 1.807) is 12.1 Å². The van der Waals surface area contributed by atoms with Gasteiger partial charge in [-0.15, -0.1) is 0 Å². The number of para-hydroxylation sites is 1. The number of carboxylic acid groups (broad SMARTS) is 1. The Kier molecular flexibility index (Phi) is 4.25. The molecule has 0 aliphatic rings. The normalized spacial score (nSPS) is 9.81. The minimum absolute atomic E-state index is 0.0416. The van der Waals surface area contributed by atoms with Gasteiger partial charge in [-0.25, -0.2) is 4.79 Å². The molecule has 1 aromatic rings. The first-order valence-corrected chi connectivity index (χ1v) is 5.27. The zero-order valence-electron chi connectivity index (χ0n) is 8.90. The highest BCUT2D eigenvalue weighted by Gasteiger charge is 2.14. The number of aromatic carboxylic acids is 1. The molecule has 5 heteroatoms. The lowest BCUT2D eigenvalue weighted by molar-refractivity contribution is 0.0698. The molecule has 0 spiro atoms. The Balaban J connectivity index is 3.01. The molecule has 0 unspecified atom stereocenters. The third-order valence-electron chi connectivity index (χ3n) is 1.99. The van der Waals surface area contributed by atoms with Crippen LogP contribution in [0.4, 0.5) is 5.69 Å². The van der Waals surface area contributed by atoms with E-state index in [-0.39, 0.29) is 16.3 Å². The van der Waals surface area contributed by atoms with Crippen LogP contribution in [0, 0.1) is 0 Å². The maximum absolute atomic E-state index is 10.8. The van der Waals surface area contributed by atoms with Crippen molar-refractivity contribution in [1.29, 1.82) is 0 Å². The molecular weight excluding hydrogens is 226 g/mol. The van der Waals surface area contributed by atoms with Crippen molar-refractivity contribution in [3.63, 3.8) is 0 Å². The second-order valence-corrected chi connectivity index (χ2v) is 3.58. The number of hydrogen-bond acceptors (Lipinski definition) is 4. The predicted molar refractivity (Wildman–Crippen MR) is 65.8 cm³/mol. The molecule has 0 bridgehead atoms. The van der Waals surface area contributed by atoms with Gasteiger partial charge in [0.05, 0.1) is 23.4 Å². The van der Waals surface area contributed by atoms with Gasteiger partial charge in [0.15, 0.2) is 5.05 Å². The van der Waals surface area contributed by atoms with Crippen LogP contribution in [0.15, 0.2) is 18.2 Å². The summed E-state index contributed by atoms with van der Waals surface area (Å²) < 4.78 is 5.25. The average molecular weight is 239 g/mol. The van der Waals surface area contributed by atoms with Gasteiger partial charge in [0.2, 0.25) is 0 Å². The molecule has 3 N–H and O–H groups in total. The lowest BCUT2D eigenvalue weighted by Gasteiger charge is -2.10. The van der Waals surface area contributed by atoms with Crippen molar-refractivity contribution in [2.75, 3.05) is 12.3 Å². The summed E-state index contributed by atoms with van der Waals surface area (Å²) in [5.74, 6) is -1.07. The first-order chi connectivity index (χ1) is 7.57. The Morgan fingerprint density at radius 1 is 1.50 bits per heavy atom. The molecule has 0 saturated heterocycles. The summed E-state index contributed by atoms with van der Waals surface area (Å²) in [4.78, 5) is 10.8. The zero-order valence-corrected chi connectivity index (χ0v) is 9.71. The summed E-state index contributed by atoms with van der Waals surface area (Å²) in [5.41, 5.74) is 6.36. The van der Waals surface area contributed by atoms with Crippen LogP contribution in [0.3, 0.4) is 0 Å². The van der Waals surface area contributed by atoms with Crippen molar-refractivity contribution >= 4 is 28.9 Å². The number of anilines is 1. The average Bonchev–Trinajstić information content (AvgIpc) is 2.25. The molecule has 0 amide bonds. The van der Waals surface area contributed by atoms with E-state index in [1.807, 2.05) is 6.92 Å². The van der Waals surface area contributed by atoms with E-state index < -0.39 is 5.97 Å². The molecule has 1 rings (SSSR count). The van der Waals surface area contributed by atoms with E-state index in [0.717, 1.165) is 6.42 Å². The fraction of sp³-hybridized carbons (Fsp3) is 0.273. The van der Waals surface area contributed by atoms with Gasteiger partial charge in [-0.05, 0) is 30.8 Å². The van der Waals surface area contributed by atoms with Crippen molar-refractivity contribution in [3.8, 4) is 0 Å². The van der Waals surface area contributed by atoms with Crippen LogP contribution < -0.4 is 5.73 Å². The molecule has 1 aromatic carbocycles. The minimum atomic E-state index is -1.07. The first-order valence-electron chi connectivity index (χ1n) is 4.86. The third-order valence-corrected chi connectivity index (χ3v) is 2.33. The number of nitrogen functional groups attached to an aromatic ring is 1. The molecular formula is C11H13NO3S. The Morgan fingerprint density at radius 2 is 2.12 bits per heavy atom. The number of benzene rings is 1. The highest BCUT2D eigenvalue weighted by molar-refractivity contribution is 7.80. The highest BCUT2D eigenvalue weighted by atomic mass is 32.1. The molecule has 0 radical (unpaired) electrons. The lowest BCUT2D eigenvalue weighted by atomic mass is 10.1. The highest BCUT2D eigenvalue weighted by Crippen LogP contribution is 2.19. The van der Waals surface area contributed by atoms with Crippen molar-refractivity contribution in [3.05, 3.63) is 29.3 Å². The van der Waals surface area contributed by atoms with E-state index >= 15 is 0 Å². The van der Waals surface area contributed by atoms with Gasteiger partial charge in [-0.1, -0.05) is 13.0 Å². The van der Waals surface area contributed by atoms with Crippen LogP contribution in [0.25, 0.3) is 0 Å². The maximum atomic E-state index is 10.8. The Morgan fingerprint density at radius 3 is 2.69 bits per heavy atom. The van der Waals surface area contributed by atoms with Crippen molar-refractivity contribution in [1.82, 2.24) is 0 Å². The number of rotatable bonds is 4. The van der Waals surface area contributed by atoms with Crippen LogP contribution in [0.1, 0.15) is 29.3 Å². The van der Waals surface area contributed by atoms with Gasteiger partial charge in [-0.2, -0.15) is 0 Å². The van der Waals surface area contributed by atoms with Crippen molar-refractivity contribution in [2.24, 2.45) is 0 Å². The van der Waals surface area contributed by atoms with Crippen LogP contribution in [0.2, 0.25) is 0 Å². The van der Waals surface area contributed by atoms with Crippen LogP contribution >= 0.6 is 12.2 Å². The van der Waals surface area contributed by atoms with E-state index in [9.17, 15) is 4.79 Å². The van der Waals surface area contributed by atoms with Gasteiger partial charge < -0.3 is 15.6 Å². The maximum Gasteiger partial charge on any atom is 0.337 e. The third kappa shape index (κ3) is 2.70. The fourth-order valence-corrected chi connectivity index (χ4v) is 1.46. The molecule has 16 heavy (non-hydrogen) atoms. The topological polar surface area (TPSA) is 72.5 Å². The molecule has 0 saturated carbocycles. The molecule has 0 aromatic heterocycles. The molecule has 0 fully saturated rings. The van der Waals surface area contributed by atoms with Gasteiger partial charge in [0, 0.05) is 0 Å². The second kappa shape index (κ2) is 5.46. The SMILES string of the molecule is CCCOC(=S)c1cccc(C(=O)O)c1N. The van der Waals surface area contributed by atoms with Crippen LogP contribution in [-0.2, 0) is 4.74 Å². The number of thiocarbonyl (C=S) groups is 1. The summed E-state index contributed by atoms with van der Waals surface area (Å²) in [5, 5.41) is 9.12. The predicted octanol–water partition coefficient (Wildman–Crippen LogP) is 2.07. The molecule has 86 valence electrons. The van der Waals surface area contributed by atoms with E-state index in [0.29, 0.717) is 12.2 Å².